The van der Waals surface area contributed by atoms with E-state index in [0.29, 0.717) is 13.0 Å². The van der Waals surface area contributed by atoms with Gasteiger partial charge in [-0.1, -0.05) is 13.0 Å². The van der Waals surface area contributed by atoms with Crippen LogP contribution in [0.15, 0.2) is 17.5 Å². The predicted octanol–water partition coefficient (Wildman–Crippen LogP) is 1.68. The molecule has 0 fully saturated rings. The van der Waals surface area contributed by atoms with Crippen LogP contribution in [0.2, 0.25) is 0 Å². The smallest absolute Gasteiger partial charge is 0.223 e. The summed E-state index contributed by atoms with van der Waals surface area (Å²) in [6.45, 7) is 2.42. The second-order valence-electron chi connectivity index (χ2n) is 3.84. The molecule has 2 atom stereocenters. The summed E-state index contributed by atoms with van der Waals surface area (Å²) in [5.74, 6) is -0.0115. The number of nitrogens with two attached hydrogens (primary N) is 1. The fraction of sp³-hybridized carbons (Fsp3) is 0.583. The van der Waals surface area contributed by atoms with Crippen molar-refractivity contribution in [1.82, 2.24) is 5.32 Å². The van der Waals surface area contributed by atoms with Crippen LogP contribution < -0.4 is 11.1 Å². The average molecular weight is 256 g/mol. The number of amides is 1. The first-order chi connectivity index (χ1) is 8.21. The van der Waals surface area contributed by atoms with Gasteiger partial charge in [0.15, 0.2) is 0 Å². The highest BCUT2D eigenvalue weighted by Crippen LogP contribution is 2.21. The van der Waals surface area contributed by atoms with Crippen molar-refractivity contribution < 1.29 is 9.53 Å². The maximum Gasteiger partial charge on any atom is 0.223 e. The second-order valence-corrected chi connectivity index (χ2v) is 4.82. The lowest BCUT2D eigenvalue weighted by molar-refractivity contribution is -0.124. The monoisotopic (exact) mass is 256 g/mol. The molecule has 0 aliphatic rings. The molecule has 1 rings (SSSR count). The van der Waals surface area contributed by atoms with E-state index in [0.717, 1.165) is 6.42 Å². The number of rotatable bonds is 7. The van der Waals surface area contributed by atoms with Gasteiger partial charge in [-0.15, -0.1) is 11.3 Å². The zero-order valence-electron chi connectivity index (χ0n) is 10.3. The third kappa shape index (κ3) is 4.46. The van der Waals surface area contributed by atoms with Gasteiger partial charge in [-0.05, 0) is 17.9 Å². The van der Waals surface area contributed by atoms with Crippen molar-refractivity contribution in [3.8, 4) is 0 Å². The molecule has 1 amide bonds. The summed E-state index contributed by atoms with van der Waals surface area (Å²) in [6.07, 6.45) is 0.998. The fourth-order valence-corrected chi connectivity index (χ4v) is 2.45. The van der Waals surface area contributed by atoms with Crippen molar-refractivity contribution in [3.05, 3.63) is 22.4 Å². The Morgan fingerprint density at radius 3 is 2.88 bits per heavy atom. The van der Waals surface area contributed by atoms with E-state index in [1.807, 2.05) is 17.5 Å². The zero-order chi connectivity index (χ0) is 12.7. The predicted molar refractivity (Wildman–Crippen MR) is 70.0 cm³/mol. The van der Waals surface area contributed by atoms with E-state index >= 15 is 0 Å². The van der Waals surface area contributed by atoms with Crippen molar-refractivity contribution in [2.75, 3.05) is 13.7 Å². The summed E-state index contributed by atoms with van der Waals surface area (Å²) in [7, 11) is 1.57. The number of hydrogen-bond donors (Lipinski definition) is 2. The Kier molecular flexibility index (Phi) is 6.18. The van der Waals surface area contributed by atoms with Crippen LogP contribution in [0.3, 0.4) is 0 Å². The number of methoxy groups -OCH3 is 1. The number of carbonyl (C=O) groups is 1. The first-order valence-electron chi connectivity index (χ1n) is 5.76. The van der Waals surface area contributed by atoms with Gasteiger partial charge in [-0.25, -0.2) is 0 Å². The van der Waals surface area contributed by atoms with Gasteiger partial charge >= 0.3 is 0 Å². The van der Waals surface area contributed by atoms with Crippen LogP contribution in [0, 0.1) is 0 Å². The third-order valence-corrected chi connectivity index (χ3v) is 3.63. The summed E-state index contributed by atoms with van der Waals surface area (Å²) in [4.78, 5) is 13.0. The summed E-state index contributed by atoms with van der Waals surface area (Å²) < 4.78 is 5.09. The molecule has 1 heterocycles. The molecule has 0 radical (unpaired) electrons. The normalized spacial score (nSPS) is 14.3. The molecule has 1 aromatic rings. The van der Waals surface area contributed by atoms with Crippen LogP contribution in [-0.4, -0.2) is 25.7 Å². The van der Waals surface area contributed by atoms with Gasteiger partial charge < -0.3 is 15.8 Å². The van der Waals surface area contributed by atoms with Crippen molar-refractivity contribution in [2.45, 2.75) is 31.9 Å². The first kappa shape index (κ1) is 14.2. The standard InChI is InChI=1S/C12H20N2O2S/c1-3-10(11-5-4-6-17-11)14-12(15)7-9(8-13)16-2/h4-6,9-10H,3,7-8,13H2,1-2H3,(H,14,15). The Balaban J connectivity index is 2.49. The Labute approximate surface area is 106 Å². The van der Waals surface area contributed by atoms with E-state index in [-0.39, 0.29) is 18.1 Å². The van der Waals surface area contributed by atoms with E-state index in [2.05, 4.69) is 12.2 Å². The topological polar surface area (TPSA) is 64.4 Å². The maximum atomic E-state index is 11.8. The van der Waals surface area contributed by atoms with Gasteiger partial charge in [-0.3, -0.25) is 4.79 Å². The van der Waals surface area contributed by atoms with Gasteiger partial charge in [-0.2, -0.15) is 0 Å². The Hall–Kier alpha value is -0.910. The van der Waals surface area contributed by atoms with Crippen LogP contribution in [0.4, 0.5) is 0 Å². The van der Waals surface area contributed by atoms with Gasteiger partial charge in [0.2, 0.25) is 5.91 Å². The van der Waals surface area contributed by atoms with Gasteiger partial charge in [0.25, 0.3) is 0 Å². The molecule has 0 bridgehead atoms. The third-order valence-electron chi connectivity index (χ3n) is 2.64. The molecule has 17 heavy (non-hydrogen) atoms. The van der Waals surface area contributed by atoms with E-state index in [4.69, 9.17) is 10.5 Å². The van der Waals surface area contributed by atoms with Crippen LogP contribution in [0.1, 0.15) is 30.7 Å². The molecule has 0 aliphatic heterocycles. The molecule has 0 aromatic carbocycles. The molecular weight excluding hydrogens is 236 g/mol. The molecule has 4 nitrogen and oxygen atoms in total. The minimum absolute atomic E-state index is 0.0115. The Morgan fingerprint density at radius 1 is 1.65 bits per heavy atom. The lowest BCUT2D eigenvalue weighted by Gasteiger charge is -2.18. The quantitative estimate of drug-likeness (QED) is 0.780. The minimum Gasteiger partial charge on any atom is -0.380 e. The highest BCUT2D eigenvalue weighted by molar-refractivity contribution is 7.10. The largest absolute Gasteiger partial charge is 0.380 e. The number of nitrogens with one attached hydrogen (secondary N) is 1. The second kappa shape index (κ2) is 7.42. The summed E-state index contributed by atoms with van der Waals surface area (Å²) in [5.41, 5.74) is 5.49. The molecule has 96 valence electrons. The van der Waals surface area contributed by atoms with Crippen LogP contribution in [0.5, 0.6) is 0 Å². The van der Waals surface area contributed by atoms with E-state index < -0.39 is 0 Å². The summed E-state index contributed by atoms with van der Waals surface area (Å²) in [5, 5.41) is 5.02. The van der Waals surface area contributed by atoms with Gasteiger partial charge in [0.1, 0.15) is 0 Å². The molecule has 0 saturated heterocycles. The Bertz CT molecular complexity index is 323. The molecular formula is C12H20N2O2S. The lowest BCUT2D eigenvalue weighted by Crippen LogP contribution is -2.34. The number of ether oxygens (including phenoxy) is 1. The molecule has 3 N–H and O–H groups in total. The first-order valence-corrected chi connectivity index (χ1v) is 6.64. The molecule has 1 aromatic heterocycles. The molecule has 0 saturated carbocycles. The summed E-state index contributed by atoms with van der Waals surface area (Å²) in [6, 6.07) is 4.13. The van der Waals surface area contributed by atoms with Crippen LogP contribution >= 0.6 is 11.3 Å². The number of hydrogen-bond acceptors (Lipinski definition) is 4. The average Bonchev–Trinajstić information content (AvgIpc) is 2.86. The molecule has 0 spiro atoms. The van der Waals surface area contributed by atoms with E-state index in [1.165, 1.54) is 4.88 Å². The molecule has 0 aliphatic carbocycles. The minimum atomic E-state index is -0.198. The van der Waals surface area contributed by atoms with Crippen molar-refractivity contribution in [1.29, 1.82) is 0 Å². The summed E-state index contributed by atoms with van der Waals surface area (Å²) >= 11 is 1.66. The van der Waals surface area contributed by atoms with Crippen molar-refractivity contribution >= 4 is 17.2 Å². The van der Waals surface area contributed by atoms with Crippen LogP contribution in [0.25, 0.3) is 0 Å². The lowest BCUT2D eigenvalue weighted by atomic mass is 10.1. The highest BCUT2D eigenvalue weighted by atomic mass is 32.1. The van der Waals surface area contributed by atoms with Crippen molar-refractivity contribution in [3.63, 3.8) is 0 Å². The van der Waals surface area contributed by atoms with Crippen molar-refractivity contribution in [2.24, 2.45) is 5.73 Å². The fourth-order valence-electron chi connectivity index (χ4n) is 1.59. The molecule has 2 unspecified atom stereocenters. The van der Waals surface area contributed by atoms with Gasteiger partial charge in [0, 0.05) is 18.5 Å². The number of thiophene rings is 1. The van der Waals surface area contributed by atoms with E-state index in [9.17, 15) is 4.79 Å². The number of carbonyl (C=O) groups excluding carboxylic acids is 1. The maximum absolute atomic E-state index is 11.8. The van der Waals surface area contributed by atoms with Gasteiger partial charge in [0.05, 0.1) is 18.6 Å². The zero-order valence-corrected chi connectivity index (χ0v) is 11.1. The van der Waals surface area contributed by atoms with E-state index in [1.54, 1.807) is 18.4 Å². The Morgan fingerprint density at radius 2 is 2.41 bits per heavy atom. The molecule has 5 heteroatoms. The highest BCUT2D eigenvalue weighted by Gasteiger charge is 2.16. The van der Waals surface area contributed by atoms with Crippen LogP contribution in [-0.2, 0) is 9.53 Å². The SMILES string of the molecule is CCC(NC(=O)CC(CN)OC)c1cccs1.